The van der Waals surface area contributed by atoms with E-state index in [0.29, 0.717) is 17.9 Å². The molecule has 0 N–H and O–H groups in total. The lowest BCUT2D eigenvalue weighted by atomic mass is 10.2. The lowest BCUT2D eigenvalue weighted by molar-refractivity contribution is 0.0192. The predicted molar refractivity (Wildman–Crippen MR) is 92.3 cm³/mol. The molecule has 1 fully saturated rings. The Kier molecular flexibility index (Phi) is 6.17. The smallest absolute Gasteiger partial charge is 0.421 e. The monoisotopic (exact) mass is 400 g/mol. The third kappa shape index (κ3) is 4.50. The average Bonchev–Trinajstić information content (AvgIpc) is 3.05. The first kappa shape index (κ1) is 19.7. The minimum atomic E-state index is -3.59. The molecule has 1 aromatic heterocycles. The third-order valence-electron chi connectivity index (χ3n) is 3.18. The van der Waals surface area contributed by atoms with Crippen molar-refractivity contribution in [3.63, 3.8) is 0 Å². The molecule has 10 nitrogen and oxygen atoms in total. The minimum Gasteiger partial charge on any atom is -0.421 e. The molecular weight excluding hydrogens is 384 g/mol. The highest BCUT2D eigenvalue weighted by atomic mass is 32.2. The van der Waals surface area contributed by atoms with Gasteiger partial charge in [-0.15, -0.1) is 23.2 Å². The molecule has 1 aromatic rings. The number of sulfone groups is 1. The van der Waals surface area contributed by atoms with Gasteiger partial charge in [0.25, 0.3) is 0 Å². The first-order chi connectivity index (χ1) is 12.3. The molecule has 0 aliphatic carbocycles. The topological polar surface area (TPSA) is 119 Å². The Morgan fingerprint density at radius 1 is 1.54 bits per heavy atom. The van der Waals surface area contributed by atoms with E-state index in [1.165, 1.54) is 4.90 Å². The van der Waals surface area contributed by atoms with E-state index in [0.717, 1.165) is 11.2 Å². The number of nitrogens with zero attached hydrogens (tertiary/aromatic N) is 4. The Hall–Kier alpha value is -2.65. The van der Waals surface area contributed by atoms with E-state index in [4.69, 9.17) is 11.2 Å². The summed E-state index contributed by atoms with van der Waals surface area (Å²) in [6, 6.07) is -0.526. The summed E-state index contributed by atoms with van der Waals surface area (Å²) in [6.07, 6.45) is 5.70. The molecule has 2 amide bonds. The maximum absolute atomic E-state index is 12.7. The molecule has 0 aromatic carbocycles. The van der Waals surface area contributed by atoms with Gasteiger partial charge in [0.15, 0.2) is 12.8 Å². The molecule has 0 radical (unpaired) electrons. The summed E-state index contributed by atoms with van der Waals surface area (Å²) >= 11 is 0.697. The van der Waals surface area contributed by atoms with Gasteiger partial charge in [0.1, 0.15) is 0 Å². The first-order valence-electron chi connectivity index (χ1n) is 7.27. The van der Waals surface area contributed by atoms with Gasteiger partial charge in [-0.25, -0.2) is 22.9 Å². The summed E-state index contributed by atoms with van der Waals surface area (Å²) in [5, 5.41) is 7.31. The second-order valence-electron chi connectivity index (χ2n) is 5.11. The van der Waals surface area contributed by atoms with Crippen molar-refractivity contribution in [2.24, 2.45) is 0 Å². The number of ether oxygens (including phenoxy) is 2. The number of carbonyl (C=O) groups is 2. The summed E-state index contributed by atoms with van der Waals surface area (Å²) in [5.41, 5.74) is 0. The van der Waals surface area contributed by atoms with E-state index in [2.05, 4.69) is 27.4 Å². The molecule has 140 valence electrons. The number of terminal acetylenes is 1. The average molecular weight is 400 g/mol. The number of rotatable bonds is 6. The molecule has 1 atom stereocenters. The third-order valence-corrected chi connectivity index (χ3v) is 5.78. The highest BCUT2D eigenvalue weighted by Gasteiger charge is 2.39. The summed E-state index contributed by atoms with van der Waals surface area (Å²) in [7, 11) is -3.59. The number of anilines is 1. The maximum Gasteiger partial charge on any atom is 0.511 e. The van der Waals surface area contributed by atoms with E-state index >= 15 is 0 Å². The Morgan fingerprint density at radius 2 is 2.27 bits per heavy atom. The number of hydrogen-bond donors (Lipinski definition) is 0. The van der Waals surface area contributed by atoms with Crippen molar-refractivity contribution >= 4 is 38.5 Å². The van der Waals surface area contributed by atoms with Crippen LogP contribution in [0.4, 0.5) is 14.7 Å². The summed E-state index contributed by atoms with van der Waals surface area (Å²) in [6.45, 7) is 3.87. The number of aromatic nitrogens is 2. The SMILES string of the molecule is C#CCOC(=O)OC1CCN(CC=C)C(=O)N1c1nnc(S(C)(=O)=O)s1. The van der Waals surface area contributed by atoms with Crippen molar-refractivity contribution in [3.8, 4) is 12.3 Å². The summed E-state index contributed by atoms with van der Waals surface area (Å²) < 4.78 is 32.8. The number of carbonyl (C=O) groups excluding carboxylic acids is 2. The molecular formula is C14H16N4O6S2. The van der Waals surface area contributed by atoms with E-state index in [1.54, 1.807) is 6.08 Å². The van der Waals surface area contributed by atoms with Gasteiger partial charge in [0, 0.05) is 25.8 Å². The molecule has 0 spiro atoms. The Balaban J connectivity index is 2.30. The van der Waals surface area contributed by atoms with Crippen LogP contribution < -0.4 is 4.90 Å². The molecule has 1 saturated heterocycles. The lowest BCUT2D eigenvalue weighted by Gasteiger charge is -2.38. The van der Waals surface area contributed by atoms with Crippen LogP contribution in [0, 0.1) is 12.3 Å². The van der Waals surface area contributed by atoms with Gasteiger partial charge in [0.2, 0.25) is 19.3 Å². The zero-order valence-electron chi connectivity index (χ0n) is 13.8. The largest absolute Gasteiger partial charge is 0.511 e. The van der Waals surface area contributed by atoms with Gasteiger partial charge in [-0.3, -0.25) is 0 Å². The Bertz CT molecular complexity index is 844. The highest BCUT2D eigenvalue weighted by Crippen LogP contribution is 2.30. The van der Waals surface area contributed by atoms with Gasteiger partial charge < -0.3 is 14.4 Å². The van der Waals surface area contributed by atoms with Crippen LogP contribution in [0.1, 0.15) is 6.42 Å². The van der Waals surface area contributed by atoms with E-state index in [-0.39, 0.29) is 29.0 Å². The van der Waals surface area contributed by atoms with Gasteiger partial charge >= 0.3 is 12.2 Å². The number of hydrogen-bond acceptors (Lipinski definition) is 9. The number of amides is 2. The molecule has 1 aliphatic rings. The van der Waals surface area contributed by atoms with Gasteiger partial charge in [-0.1, -0.05) is 23.3 Å². The Labute approximate surface area is 154 Å². The van der Waals surface area contributed by atoms with E-state index < -0.39 is 28.3 Å². The number of urea groups is 1. The van der Waals surface area contributed by atoms with Gasteiger partial charge in [0.05, 0.1) is 0 Å². The second kappa shape index (κ2) is 8.15. The Morgan fingerprint density at radius 3 is 2.85 bits per heavy atom. The van der Waals surface area contributed by atoms with Crippen LogP contribution in [0.25, 0.3) is 0 Å². The zero-order chi connectivity index (χ0) is 19.3. The summed E-state index contributed by atoms with van der Waals surface area (Å²) in [5.74, 6) is 2.12. The van der Waals surface area contributed by atoms with Crippen molar-refractivity contribution in [1.82, 2.24) is 15.1 Å². The fourth-order valence-electron chi connectivity index (χ4n) is 2.10. The van der Waals surface area contributed by atoms with Crippen molar-refractivity contribution < 1.29 is 27.5 Å². The molecule has 0 bridgehead atoms. The lowest BCUT2D eigenvalue weighted by Crippen LogP contribution is -2.56. The maximum atomic E-state index is 12.7. The van der Waals surface area contributed by atoms with E-state index in [9.17, 15) is 18.0 Å². The van der Waals surface area contributed by atoms with Crippen molar-refractivity contribution in [2.45, 2.75) is 17.0 Å². The van der Waals surface area contributed by atoms with Crippen LogP contribution in [0.2, 0.25) is 0 Å². The summed E-state index contributed by atoms with van der Waals surface area (Å²) in [4.78, 5) is 26.9. The van der Waals surface area contributed by atoms with E-state index in [1.807, 2.05) is 0 Å². The zero-order valence-corrected chi connectivity index (χ0v) is 15.5. The van der Waals surface area contributed by atoms with Crippen LogP contribution in [0.15, 0.2) is 17.0 Å². The first-order valence-corrected chi connectivity index (χ1v) is 9.98. The predicted octanol–water partition coefficient (Wildman–Crippen LogP) is 0.872. The standard InChI is InChI=1S/C14H16N4O6S2/c1-4-7-17-8-6-10(24-14(20)23-9-5-2)18(13(17)19)11-15-16-12(25-11)26(3,21)22/h2,4,10H,1,6-9H2,3H3. The second-order valence-corrected chi connectivity index (χ2v) is 8.26. The normalized spacial score (nSPS) is 17.5. The molecule has 26 heavy (non-hydrogen) atoms. The van der Waals surface area contributed by atoms with Crippen molar-refractivity contribution in [2.75, 3.05) is 30.9 Å². The highest BCUT2D eigenvalue weighted by molar-refractivity contribution is 7.92. The molecule has 0 saturated carbocycles. The van der Waals surface area contributed by atoms with Crippen LogP contribution in [-0.4, -0.2) is 67.9 Å². The van der Waals surface area contributed by atoms with Gasteiger partial charge in [-0.2, -0.15) is 0 Å². The molecule has 1 unspecified atom stereocenters. The molecule has 1 aliphatic heterocycles. The molecule has 12 heteroatoms. The fraction of sp³-hybridized carbons (Fsp3) is 0.429. The van der Waals surface area contributed by atoms with Gasteiger partial charge in [-0.05, 0) is 0 Å². The van der Waals surface area contributed by atoms with Crippen LogP contribution in [0.5, 0.6) is 0 Å². The van der Waals surface area contributed by atoms with Crippen LogP contribution in [0.3, 0.4) is 0 Å². The van der Waals surface area contributed by atoms with Crippen LogP contribution >= 0.6 is 11.3 Å². The van der Waals surface area contributed by atoms with Crippen LogP contribution in [-0.2, 0) is 19.3 Å². The molecule has 2 heterocycles. The quantitative estimate of drug-likeness (QED) is 0.299. The fourth-order valence-corrected chi connectivity index (χ4v) is 3.74. The minimum absolute atomic E-state index is 0.0149. The van der Waals surface area contributed by atoms with Crippen molar-refractivity contribution in [3.05, 3.63) is 12.7 Å². The van der Waals surface area contributed by atoms with Crippen molar-refractivity contribution in [1.29, 1.82) is 0 Å². The molecule has 2 rings (SSSR count).